The van der Waals surface area contributed by atoms with Crippen LogP contribution >= 0.6 is 0 Å². The summed E-state index contributed by atoms with van der Waals surface area (Å²) in [5, 5.41) is 11.3. The third-order valence-electron chi connectivity index (χ3n) is 2.43. The maximum Gasteiger partial charge on any atom is 0.249 e. The second-order valence-electron chi connectivity index (χ2n) is 3.54. The topological polar surface area (TPSA) is 72.9 Å². The zero-order valence-corrected chi connectivity index (χ0v) is 9.33. The molecule has 6 nitrogen and oxygen atoms in total. The van der Waals surface area contributed by atoms with Gasteiger partial charge in [-0.2, -0.15) is 0 Å². The fourth-order valence-corrected chi connectivity index (χ4v) is 1.52. The number of rotatable bonds is 3. The number of nitrogens with zero attached hydrogens (tertiary/aromatic N) is 5. The van der Waals surface area contributed by atoms with Crippen molar-refractivity contribution in [2.24, 2.45) is 12.8 Å². The molecule has 1 aromatic heterocycles. The fraction of sp³-hybridized carbons (Fsp3) is 0.300. The lowest BCUT2D eigenvalue weighted by Gasteiger charge is -2.17. The van der Waals surface area contributed by atoms with Crippen LogP contribution in [0.2, 0.25) is 0 Å². The van der Waals surface area contributed by atoms with Crippen molar-refractivity contribution in [2.45, 2.75) is 6.54 Å². The summed E-state index contributed by atoms with van der Waals surface area (Å²) in [5.41, 5.74) is 7.70. The van der Waals surface area contributed by atoms with Crippen molar-refractivity contribution in [3.63, 3.8) is 0 Å². The number of anilines is 2. The molecule has 16 heavy (non-hydrogen) atoms. The molecule has 84 valence electrons. The van der Waals surface area contributed by atoms with E-state index in [0.29, 0.717) is 12.5 Å². The smallest absolute Gasteiger partial charge is 0.249 e. The minimum atomic E-state index is 0.527. The van der Waals surface area contributed by atoms with Gasteiger partial charge in [-0.05, 0) is 28.1 Å². The van der Waals surface area contributed by atoms with Crippen LogP contribution in [0.25, 0.3) is 0 Å². The Balaban J connectivity index is 2.33. The molecule has 2 aromatic rings. The van der Waals surface area contributed by atoms with E-state index in [9.17, 15) is 0 Å². The SMILES string of the molecule is CN(c1cccc(CN)c1)c1nnnn1C. The molecule has 1 heterocycles. The van der Waals surface area contributed by atoms with Crippen LogP contribution in [0.1, 0.15) is 5.56 Å². The van der Waals surface area contributed by atoms with Gasteiger partial charge in [-0.3, -0.25) is 0 Å². The minimum Gasteiger partial charge on any atom is -0.326 e. The predicted octanol–water partition coefficient (Wildman–Crippen LogP) is 0.437. The number of nitrogens with two attached hydrogens (primary N) is 1. The summed E-state index contributed by atoms with van der Waals surface area (Å²) in [5.74, 6) is 0.689. The average Bonchev–Trinajstić information content (AvgIpc) is 2.74. The molecule has 0 spiro atoms. The Hall–Kier alpha value is -1.95. The molecule has 0 aliphatic heterocycles. The summed E-state index contributed by atoms with van der Waals surface area (Å²) in [7, 11) is 3.72. The van der Waals surface area contributed by atoms with Gasteiger partial charge in [0, 0.05) is 26.3 Å². The average molecular weight is 218 g/mol. The van der Waals surface area contributed by atoms with Crippen LogP contribution < -0.4 is 10.6 Å². The standard InChI is InChI=1S/C10H14N6/c1-15(10-12-13-14-16(10)2)9-5-3-4-8(6-9)7-11/h3-6H,7,11H2,1-2H3. The van der Waals surface area contributed by atoms with Gasteiger partial charge in [-0.15, -0.1) is 0 Å². The van der Waals surface area contributed by atoms with Crippen LogP contribution in [0.4, 0.5) is 11.6 Å². The van der Waals surface area contributed by atoms with Crippen molar-refractivity contribution in [3.8, 4) is 0 Å². The summed E-state index contributed by atoms with van der Waals surface area (Å²) in [6, 6.07) is 7.98. The van der Waals surface area contributed by atoms with Crippen molar-refractivity contribution < 1.29 is 0 Å². The zero-order chi connectivity index (χ0) is 11.5. The van der Waals surface area contributed by atoms with Crippen LogP contribution in [0.15, 0.2) is 24.3 Å². The minimum absolute atomic E-state index is 0.527. The van der Waals surface area contributed by atoms with E-state index in [-0.39, 0.29) is 0 Å². The third kappa shape index (κ3) is 1.87. The van der Waals surface area contributed by atoms with Gasteiger partial charge in [0.1, 0.15) is 0 Å². The number of hydrogen-bond donors (Lipinski definition) is 1. The van der Waals surface area contributed by atoms with E-state index in [2.05, 4.69) is 15.5 Å². The molecule has 0 saturated carbocycles. The van der Waals surface area contributed by atoms with E-state index in [1.165, 1.54) is 0 Å². The van der Waals surface area contributed by atoms with Gasteiger partial charge in [-0.1, -0.05) is 17.2 Å². The molecule has 0 bridgehead atoms. The first-order valence-electron chi connectivity index (χ1n) is 4.97. The third-order valence-corrected chi connectivity index (χ3v) is 2.43. The summed E-state index contributed by atoms with van der Waals surface area (Å²) >= 11 is 0. The first kappa shape index (κ1) is 10.6. The summed E-state index contributed by atoms with van der Waals surface area (Å²) < 4.78 is 1.62. The van der Waals surface area contributed by atoms with Gasteiger partial charge in [0.15, 0.2) is 0 Å². The van der Waals surface area contributed by atoms with Crippen molar-refractivity contribution >= 4 is 11.6 Å². The molecule has 6 heteroatoms. The molecule has 0 fully saturated rings. The van der Waals surface area contributed by atoms with Crippen LogP contribution in [0.5, 0.6) is 0 Å². The normalized spacial score (nSPS) is 10.4. The number of aromatic nitrogens is 4. The molecule has 0 radical (unpaired) electrons. The monoisotopic (exact) mass is 218 g/mol. The van der Waals surface area contributed by atoms with Crippen molar-refractivity contribution in [2.75, 3.05) is 11.9 Å². The van der Waals surface area contributed by atoms with Crippen LogP contribution in [-0.4, -0.2) is 27.3 Å². The van der Waals surface area contributed by atoms with E-state index in [1.807, 2.05) is 36.2 Å². The molecule has 2 rings (SSSR count). The number of hydrogen-bond acceptors (Lipinski definition) is 5. The van der Waals surface area contributed by atoms with E-state index < -0.39 is 0 Å². The molecular weight excluding hydrogens is 204 g/mol. The van der Waals surface area contributed by atoms with Gasteiger partial charge >= 0.3 is 0 Å². The zero-order valence-electron chi connectivity index (χ0n) is 9.33. The summed E-state index contributed by atoms with van der Waals surface area (Å²) in [4.78, 5) is 1.92. The van der Waals surface area contributed by atoms with Gasteiger partial charge in [0.2, 0.25) is 5.95 Å². The first-order valence-corrected chi connectivity index (χ1v) is 4.97. The molecule has 0 aliphatic rings. The molecule has 0 amide bonds. The van der Waals surface area contributed by atoms with Crippen LogP contribution in [0, 0.1) is 0 Å². The van der Waals surface area contributed by atoms with Crippen molar-refractivity contribution in [1.29, 1.82) is 0 Å². The first-order chi connectivity index (χ1) is 7.72. The highest BCUT2D eigenvalue weighted by molar-refractivity contribution is 5.56. The molecule has 2 N–H and O–H groups in total. The van der Waals surface area contributed by atoms with E-state index in [1.54, 1.807) is 11.7 Å². The highest BCUT2D eigenvalue weighted by Crippen LogP contribution is 2.20. The second-order valence-corrected chi connectivity index (χ2v) is 3.54. The Morgan fingerprint density at radius 3 is 2.88 bits per heavy atom. The highest BCUT2D eigenvalue weighted by Gasteiger charge is 2.10. The Kier molecular flexibility index (Phi) is 2.82. The molecule has 0 saturated heterocycles. The van der Waals surface area contributed by atoms with Gasteiger partial charge in [0.25, 0.3) is 0 Å². The lowest BCUT2D eigenvalue weighted by molar-refractivity contribution is 0.708. The second kappa shape index (κ2) is 4.28. The number of tetrazole rings is 1. The maximum atomic E-state index is 5.60. The van der Waals surface area contributed by atoms with E-state index in [0.717, 1.165) is 11.3 Å². The molecule has 1 aromatic carbocycles. The Morgan fingerprint density at radius 2 is 2.25 bits per heavy atom. The molecule has 0 unspecified atom stereocenters. The Morgan fingerprint density at radius 1 is 1.44 bits per heavy atom. The number of aryl methyl sites for hydroxylation is 1. The van der Waals surface area contributed by atoms with Crippen molar-refractivity contribution in [3.05, 3.63) is 29.8 Å². The Labute approximate surface area is 93.7 Å². The van der Waals surface area contributed by atoms with Gasteiger partial charge < -0.3 is 10.6 Å². The predicted molar refractivity (Wildman–Crippen MR) is 61.2 cm³/mol. The maximum absolute atomic E-state index is 5.60. The fourth-order valence-electron chi connectivity index (χ4n) is 1.52. The quantitative estimate of drug-likeness (QED) is 0.809. The van der Waals surface area contributed by atoms with E-state index >= 15 is 0 Å². The molecule has 0 atom stereocenters. The number of benzene rings is 1. The van der Waals surface area contributed by atoms with Gasteiger partial charge in [0.05, 0.1) is 0 Å². The largest absolute Gasteiger partial charge is 0.326 e. The van der Waals surface area contributed by atoms with Gasteiger partial charge in [-0.25, -0.2) is 4.68 Å². The van der Waals surface area contributed by atoms with Crippen molar-refractivity contribution in [1.82, 2.24) is 20.2 Å². The van der Waals surface area contributed by atoms with Crippen LogP contribution in [-0.2, 0) is 13.6 Å². The molecular formula is C10H14N6. The Bertz CT molecular complexity index is 478. The van der Waals surface area contributed by atoms with Crippen LogP contribution in [0.3, 0.4) is 0 Å². The highest BCUT2D eigenvalue weighted by atomic mass is 15.6. The van der Waals surface area contributed by atoms with E-state index in [4.69, 9.17) is 5.73 Å². The summed E-state index contributed by atoms with van der Waals surface area (Å²) in [6.07, 6.45) is 0. The lowest BCUT2D eigenvalue weighted by Crippen LogP contribution is -2.15. The lowest BCUT2D eigenvalue weighted by atomic mass is 10.2. The molecule has 0 aliphatic carbocycles. The summed E-state index contributed by atoms with van der Waals surface area (Å²) in [6.45, 7) is 0.527.